The van der Waals surface area contributed by atoms with E-state index in [4.69, 9.17) is 0 Å². The number of quaternary nitrogens is 1. The van der Waals surface area contributed by atoms with Crippen LogP contribution < -0.4 is 10.2 Å². The fourth-order valence-corrected chi connectivity index (χ4v) is 2.00. The molecule has 0 spiro atoms. The van der Waals surface area contributed by atoms with Gasteiger partial charge in [-0.25, -0.2) is 0 Å². The molecule has 0 radical (unpaired) electrons. The summed E-state index contributed by atoms with van der Waals surface area (Å²) in [5, 5.41) is 3.11. The Bertz CT molecular complexity index is 184. The highest BCUT2D eigenvalue weighted by molar-refractivity contribution is 5.77. The van der Waals surface area contributed by atoms with Gasteiger partial charge >= 0.3 is 0 Å². The molecule has 3 heteroatoms. The third-order valence-corrected chi connectivity index (χ3v) is 2.90. The average molecular weight is 199 g/mol. The molecule has 0 unspecified atom stereocenters. The highest BCUT2D eigenvalue weighted by Gasteiger charge is 2.20. The smallest absolute Gasteiger partial charge is 0.275 e. The van der Waals surface area contributed by atoms with Crippen LogP contribution in [0.5, 0.6) is 0 Å². The lowest BCUT2D eigenvalue weighted by Crippen LogP contribution is -3.07. The number of carbonyl (C=O) groups excluding carboxylic acids is 1. The first-order valence-electron chi connectivity index (χ1n) is 5.66. The SMILES string of the molecule is CC1CCC(NC(=O)C[NH+](C)C)CC1. The minimum Gasteiger partial charge on any atom is -0.348 e. The topological polar surface area (TPSA) is 33.5 Å². The Kier molecular flexibility index (Phi) is 4.39. The Hall–Kier alpha value is -0.570. The number of hydrogen-bond donors (Lipinski definition) is 2. The fourth-order valence-electron chi connectivity index (χ4n) is 2.00. The molecule has 2 N–H and O–H groups in total. The van der Waals surface area contributed by atoms with Gasteiger partial charge in [-0.15, -0.1) is 0 Å². The van der Waals surface area contributed by atoms with Crippen molar-refractivity contribution in [1.29, 1.82) is 0 Å². The van der Waals surface area contributed by atoms with Crippen molar-refractivity contribution in [2.24, 2.45) is 5.92 Å². The molecule has 1 fully saturated rings. The van der Waals surface area contributed by atoms with Crippen LogP contribution in [0.2, 0.25) is 0 Å². The van der Waals surface area contributed by atoms with Gasteiger partial charge in [-0.3, -0.25) is 4.79 Å². The van der Waals surface area contributed by atoms with Crippen LogP contribution in [0.15, 0.2) is 0 Å². The molecule has 0 aliphatic heterocycles. The molecule has 0 aromatic carbocycles. The van der Waals surface area contributed by atoms with Crippen molar-refractivity contribution >= 4 is 5.91 Å². The van der Waals surface area contributed by atoms with E-state index >= 15 is 0 Å². The molecule has 1 aliphatic rings. The predicted molar refractivity (Wildman–Crippen MR) is 57.2 cm³/mol. The molecule has 1 aliphatic carbocycles. The average Bonchev–Trinajstić information content (AvgIpc) is 2.07. The second-order valence-corrected chi connectivity index (χ2v) is 4.91. The summed E-state index contributed by atoms with van der Waals surface area (Å²) < 4.78 is 0. The Morgan fingerprint density at radius 2 is 1.86 bits per heavy atom. The van der Waals surface area contributed by atoms with Crippen LogP contribution in [0.4, 0.5) is 0 Å². The van der Waals surface area contributed by atoms with Gasteiger partial charge < -0.3 is 10.2 Å². The monoisotopic (exact) mass is 199 g/mol. The lowest BCUT2D eigenvalue weighted by molar-refractivity contribution is -0.849. The summed E-state index contributed by atoms with van der Waals surface area (Å²) in [7, 11) is 4.01. The number of nitrogens with one attached hydrogen (secondary N) is 2. The van der Waals surface area contributed by atoms with Crippen LogP contribution in [0.25, 0.3) is 0 Å². The van der Waals surface area contributed by atoms with Gasteiger partial charge in [0.15, 0.2) is 6.54 Å². The van der Waals surface area contributed by atoms with E-state index in [9.17, 15) is 4.79 Å². The third-order valence-electron chi connectivity index (χ3n) is 2.90. The molecule has 3 nitrogen and oxygen atoms in total. The standard InChI is InChI=1S/C11H22N2O/c1-9-4-6-10(7-5-9)12-11(14)8-13(2)3/h9-10H,4-8H2,1-3H3,(H,12,14)/p+1. The summed E-state index contributed by atoms with van der Waals surface area (Å²) in [6.45, 7) is 2.88. The number of amides is 1. The zero-order chi connectivity index (χ0) is 10.6. The molecule has 0 heterocycles. The van der Waals surface area contributed by atoms with E-state index in [2.05, 4.69) is 12.2 Å². The molecule has 0 atom stereocenters. The van der Waals surface area contributed by atoms with E-state index in [1.165, 1.54) is 17.7 Å². The Morgan fingerprint density at radius 3 is 2.36 bits per heavy atom. The van der Waals surface area contributed by atoms with Gasteiger partial charge in [0.05, 0.1) is 14.1 Å². The second kappa shape index (κ2) is 5.35. The molecular formula is C11H23N2O+. The molecule has 1 amide bonds. The number of hydrogen-bond acceptors (Lipinski definition) is 1. The Balaban J connectivity index is 2.20. The molecule has 1 rings (SSSR count). The summed E-state index contributed by atoms with van der Waals surface area (Å²) in [4.78, 5) is 12.7. The van der Waals surface area contributed by atoms with Crippen LogP contribution in [0, 0.1) is 5.92 Å². The van der Waals surface area contributed by atoms with E-state index in [-0.39, 0.29) is 5.91 Å². The van der Waals surface area contributed by atoms with E-state index < -0.39 is 0 Å². The van der Waals surface area contributed by atoms with Crippen LogP contribution >= 0.6 is 0 Å². The van der Waals surface area contributed by atoms with Crippen molar-refractivity contribution < 1.29 is 9.69 Å². The maximum absolute atomic E-state index is 11.5. The molecule has 14 heavy (non-hydrogen) atoms. The van der Waals surface area contributed by atoms with Crippen molar-refractivity contribution in [3.05, 3.63) is 0 Å². The minimum absolute atomic E-state index is 0.199. The van der Waals surface area contributed by atoms with Gasteiger partial charge in [-0.2, -0.15) is 0 Å². The predicted octanol–water partition coefficient (Wildman–Crippen LogP) is -0.174. The van der Waals surface area contributed by atoms with Crippen molar-refractivity contribution in [3.63, 3.8) is 0 Å². The summed E-state index contributed by atoms with van der Waals surface area (Å²) in [6.07, 6.45) is 4.85. The zero-order valence-electron chi connectivity index (χ0n) is 9.60. The first kappa shape index (κ1) is 11.5. The van der Waals surface area contributed by atoms with Crippen molar-refractivity contribution in [2.45, 2.75) is 38.6 Å². The van der Waals surface area contributed by atoms with Crippen molar-refractivity contribution in [2.75, 3.05) is 20.6 Å². The summed E-state index contributed by atoms with van der Waals surface area (Å²) in [5.74, 6) is 1.05. The van der Waals surface area contributed by atoms with E-state index in [1.807, 2.05) is 14.1 Å². The van der Waals surface area contributed by atoms with Gasteiger partial charge in [0.2, 0.25) is 0 Å². The first-order valence-corrected chi connectivity index (χ1v) is 5.66. The molecule has 1 saturated carbocycles. The largest absolute Gasteiger partial charge is 0.348 e. The molecule has 0 aromatic rings. The van der Waals surface area contributed by atoms with Crippen LogP contribution in [-0.4, -0.2) is 32.6 Å². The summed E-state index contributed by atoms with van der Waals surface area (Å²) in [5.41, 5.74) is 0. The first-order chi connectivity index (χ1) is 6.58. The van der Waals surface area contributed by atoms with Gasteiger partial charge in [-0.1, -0.05) is 6.92 Å². The van der Waals surface area contributed by atoms with E-state index in [0.717, 1.165) is 18.8 Å². The molecule has 0 bridgehead atoms. The van der Waals surface area contributed by atoms with Crippen molar-refractivity contribution in [1.82, 2.24) is 5.32 Å². The van der Waals surface area contributed by atoms with Gasteiger partial charge in [0.1, 0.15) is 0 Å². The quantitative estimate of drug-likeness (QED) is 0.650. The van der Waals surface area contributed by atoms with Gasteiger partial charge in [0.25, 0.3) is 5.91 Å². The van der Waals surface area contributed by atoms with Crippen LogP contribution in [0.3, 0.4) is 0 Å². The maximum Gasteiger partial charge on any atom is 0.275 e. The van der Waals surface area contributed by atoms with Crippen LogP contribution in [-0.2, 0) is 4.79 Å². The molecule has 82 valence electrons. The Labute approximate surface area is 86.9 Å². The highest BCUT2D eigenvalue weighted by atomic mass is 16.2. The number of likely N-dealkylation sites (N-methyl/N-ethyl adjacent to an activating group) is 1. The van der Waals surface area contributed by atoms with E-state index in [0.29, 0.717) is 12.6 Å². The highest BCUT2D eigenvalue weighted by Crippen LogP contribution is 2.23. The van der Waals surface area contributed by atoms with Crippen LogP contribution in [0.1, 0.15) is 32.6 Å². The lowest BCUT2D eigenvalue weighted by atomic mass is 9.87. The lowest BCUT2D eigenvalue weighted by Gasteiger charge is -2.26. The molecular weight excluding hydrogens is 176 g/mol. The zero-order valence-corrected chi connectivity index (χ0v) is 9.60. The summed E-state index contributed by atoms with van der Waals surface area (Å²) >= 11 is 0. The molecule has 0 aromatic heterocycles. The maximum atomic E-state index is 11.5. The van der Waals surface area contributed by atoms with Gasteiger partial charge in [-0.05, 0) is 31.6 Å². The third kappa shape index (κ3) is 4.09. The minimum atomic E-state index is 0.199. The second-order valence-electron chi connectivity index (χ2n) is 4.91. The van der Waals surface area contributed by atoms with Gasteiger partial charge in [0, 0.05) is 6.04 Å². The molecule has 0 saturated heterocycles. The Morgan fingerprint density at radius 1 is 1.29 bits per heavy atom. The number of carbonyl (C=O) groups is 1. The van der Waals surface area contributed by atoms with E-state index in [1.54, 1.807) is 0 Å². The fraction of sp³-hybridized carbons (Fsp3) is 0.909. The van der Waals surface area contributed by atoms with Crippen molar-refractivity contribution in [3.8, 4) is 0 Å². The summed E-state index contributed by atoms with van der Waals surface area (Å²) in [6, 6.07) is 0.443. The number of rotatable bonds is 3. The normalized spacial score (nSPS) is 27.7.